The van der Waals surface area contributed by atoms with Crippen LogP contribution in [0.1, 0.15) is 18.4 Å². The van der Waals surface area contributed by atoms with Crippen molar-refractivity contribution < 1.29 is 9.59 Å². The monoisotopic (exact) mass is 256 g/mol. The van der Waals surface area contributed by atoms with E-state index in [0.29, 0.717) is 6.42 Å². The zero-order valence-electron chi connectivity index (χ0n) is 10.7. The smallest absolute Gasteiger partial charge is 0.253 e. The van der Waals surface area contributed by atoms with Gasteiger partial charge in [0.15, 0.2) is 0 Å². The largest absolute Gasteiger partial charge is 0.295 e. The fraction of sp³-hybridized carbons (Fsp3) is 0.333. The van der Waals surface area contributed by atoms with Crippen LogP contribution in [0.2, 0.25) is 0 Å². The van der Waals surface area contributed by atoms with Crippen LogP contribution < -0.4 is 5.32 Å². The Balaban J connectivity index is 1.73. The Morgan fingerprint density at radius 3 is 2.74 bits per heavy atom. The molecule has 4 heteroatoms. The SMILES string of the molecule is O=C1CC2=C(CCN(Cc3ccccc3)C2)C(=O)N1. The minimum absolute atomic E-state index is 0.176. The molecule has 0 atom stereocenters. The third-order valence-corrected chi connectivity index (χ3v) is 3.67. The van der Waals surface area contributed by atoms with Crippen LogP contribution in [0.4, 0.5) is 0 Å². The molecule has 2 heterocycles. The molecule has 98 valence electrons. The lowest BCUT2D eigenvalue weighted by Gasteiger charge is -2.32. The third-order valence-electron chi connectivity index (χ3n) is 3.67. The molecule has 0 spiro atoms. The van der Waals surface area contributed by atoms with Crippen LogP contribution >= 0.6 is 0 Å². The molecule has 0 saturated carbocycles. The van der Waals surface area contributed by atoms with Crippen molar-refractivity contribution in [3.8, 4) is 0 Å². The maximum Gasteiger partial charge on any atom is 0.253 e. The van der Waals surface area contributed by atoms with Crippen LogP contribution in [-0.4, -0.2) is 29.8 Å². The van der Waals surface area contributed by atoms with Crippen molar-refractivity contribution in [3.05, 3.63) is 47.0 Å². The first-order chi connectivity index (χ1) is 9.22. The van der Waals surface area contributed by atoms with E-state index in [1.165, 1.54) is 5.56 Å². The topological polar surface area (TPSA) is 49.4 Å². The second-order valence-corrected chi connectivity index (χ2v) is 5.08. The normalized spacial score (nSPS) is 20.2. The maximum absolute atomic E-state index is 11.7. The van der Waals surface area contributed by atoms with Crippen LogP contribution in [0, 0.1) is 0 Å². The number of hydrogen-bond acceptors (Lipinski definition) is 3. The number of carbonyl (C=O) groups is 2. The van der Waals surface area contributed by atoms with Crippen LogP contribution in [-0.2, 0) is 16.1 Å². The van der Waals surface area contributed by atoms with Crippen LogP contribution in [0.25, 0.3) is 0 Å². The summed E-state index contributed by atoms with van der Waals surface area (Å²) >= 11 is 0. The summed E-state index contributed by atoms with van der Waals surface area (Å²) < 4.78 is 0. The summed E-state index contributed by atoms with van der Waals surface area (Å²) in [6.07, 6.45) is 1.10. The van der Waals surface area contributed by atoms with Gasteiger partial charge in [0.1, 0.15) is 0 Å². The van der Waals surface area contributed by atoms with E-state index in [2.05, 4.69) is 22.3 Å². The van der Waals surface area contributed by atoms with E-state index in [4.69, 9.17) is 0 Å². The van der Waals surface area contributed by atoms with Crippen molar-refractivity contribution in [2.75, 3.05) is 13.1 Å². The summed E-state index contributed by atoms with van der Waals surface area (Å²) in [6, 6.07) is 10.3. The van der Waals surface area contributed by atoms with Gasteiger partial charge in [0.25, 0.3) is 5.91 Å². The predicted molar refractivity (Wildman–Crippen MR) is 71.1 cm³/mol. The van der Waals surface area contributed by atoms with Gasteiger partial charge < -0.3 is 0 Å². The first-order valence-corrected chi connectivity index (χ1v) is 6.54. The minimum atomic E-state index is -0.189. The lowest BCUT2D eigenvalue weighted by molar-refractivity contribution is -0.129. The van der Waals surface area contributed by atoms with Gasteiger partial charge in [-0.15, -0.1) is 0 Å². The van der Waals surface area contributed by atoms with Gasteiger partial charge in [-0.25, -0.2) is 0 Å². The predicted octanol–water partition coefficient (Wildman–Crippen LogP) is 1.24. The number of nitrogens with one attached hydrogen (secondary N) is 1. The Morgan fingerprint density at radius 1 is 1.16 bits per heavy atom. The van der Waals surface area contributed by atoms with Gasteiger partial charge in [0.05, 0.1) is 6.42 Å². The molecule has 3 rings (SSSR count). The third kappa shape index (κ3) is 2.58. The lowest BCUT2D eigenvalue weighted by Crippen LogP contribution is -2.43. The molecule has 4 nitrogen and oxygen atoms in total. The van der Waals surface area contributed by atoms with Crippen molar-refractivity contribution in [1.82, 2.24) is 10.2 Å². The van der Waals surface area contributed by atoms with E-state index in [0.717, 1.165) is 37.2 Å². The van der Waals surface area contributed by atoms with Crippen molar-refractivity contribution >= 4 is 11.8 Å². The molecule has 1 aromatic carbocycles. The van der Waals surface area contributed by atoms with Gasteiger partial charge >= 0.3 is 0 Å². The molecule has 2 amide bonds. The molecule has 19 heavy (non-hydrogen) atoms. The summed E-state index contributed by atoms with van der Waals surface area (Å²) in [6.45, 7) is 2.46. The number of amides is 2. The Kier molecular flexibility index (Phi) is 3.17. The molecular weight excluding hydrogens is 240 g/mol. The highest BCUT2D eigenvalue weighted by Gasteiger charge is 2.29. The number of imide groups is 1. The van der Waals surface area contributed by atoms with Crippen molar-refractivity contribution in [2.24, 2.45) is 0 Å². The average molecular weight is 256 g/mol. The average Bonchev–Trinajstić information content (AvgIpc) is 2.39. The van der Waals surface area contributed by atoms with Crippen LogP contribution in [0.5, 0.6) is 0 Å². The Bertz CT molecular complexity index is 549. The Morgan fingerprint density at radius 2 is 1.95 bits per heavy atom. The number of nitrogens with zero attached hydrogens (tertiary/aromatic N) is 1. The highest BCUT2D eigenvalue weighted by atomic mass is 16.2. The fourth-order valence-corrected chi connectivity index (χ4v) is 2.74. The summed E-state index contributed by atoms with van der Waals surface area (Å²) in [7, 11) is 0. The molecule has 0 bridgehead atoms. The summed E-state index contributed by atoms with van der Waals surface area (Å²) in [5, 5.41) is 2.39. The fourth-order valence-electron chi connectivity index (χ4n) is 2.74. The van der Waals surface area contributed by atoms with Gasteiger partial charge in [-0.05, 0) is 17.6 Å². The number of carbonyl (C=O) groups excluding carboxylic acids is 2. The van der Waals surface area contributed by atoms with E-state index in [1.807, 2.05) is 18.2 Å². The van der Waals surface area contributed by atoms with Crippen LogP contribution in [0.15, 0.2) is 41.5 Å². The first kappa shape index (κ1) is 12.1. The van der Waals surface area contributed by atoms with Crippen LogP contribution in [0.3, 0.4) is 0 Å². The molecule has 0 saturated heterocycles. The summed E-state index contributed by atoms with van der Waals surface area (Å²) in [5.41, 5.74) is 3.08. The number of benzene rings is 1. The molecule has 0 unspecified atom stereocenters. The second kappa shape index (κ2) is 4.97. The standard InChI is InChI=1S/C15H16N2O2/c18-14-8-12-10-17(7-6-13(12)15(19)16-14)9-11-4-2-1-3-5-11/h1-5H,6-10H2,(H,16,18,19). The molecule has 0 radical (unpaired) electrons. The van der Waals surface area contributed by atoms with E-state index < -0.39 is 0 Å². The highest BCUT2D eigenvalue weighted by molar-refractivity contribution is 6.08. The molecule has 1 N–H and O–H groups in total. The Hall–Kier alpha value is -1.94. The highest BCUT2D eigenvalue weighted by Crippen LogP contribution is 2.24. The lowest BCUT2D eigenvalue weighted by atomic mass is 9.93. The van der Waals surface area contributed by atoms with Crippen molar-refractivity contribution in [3.63, 3.8) is 0 Å². The zero-order valence-corrected chi connectivity index (χ0v) is 10.7. The minimum Gasteiger partial charge on any atom is -0.295 e. The van der Waals surface area contributed by atoms with Crippen molar-refractivity contribution in [2.45, 2.75) is 19.4 Å². The van der Waals surface area contributed by atoms with Gasteiger partial charge in [-0.2, -0.15) is 0 Å². The quantitative estimate of drug-likeness (QED) is 0.810. The van der Waals surface area contributed by atoms with E-state index >= 15 is 0 Å². The van der Waals surface area contributed by atoms with Crippen molar-refractivity contribution in [1.29, 1.82) is 0 Å². The van der Waals surface area contributed by atoms with E-state index in [9.17, 15) is 9.59 Å². The molecule has 0 fully saturated rings. The molecule has 2 aliphatic heterocycles. The Labute approximate surface area is 112 Å². The molecule has 1 aromatic rings. The maximum atomic E-state index is 11.7. The van der Waals surface area contributed by atoms with E-state index in [1.54, 1.807) is 0 Å². The van der Waals surface area contributed by atoms with Gasteiger partial charge in [0.2, 0.25) is 5.91 Å². The second-order valence-electron chi connectivity index (χ2n) is 5.08. The molecule has 2 aliphatic rings. The summed E-state index contributed by atoms with van der Waals surface area (Å²) in [5.74, 6) is -0.365. The zero-order chi connectivity index (χ0) is 13.2. The van der Waals surface area contributed by atoms with E-state index in [-0.39, 0.29) is 11.8 Å². The van der Waals surface area contributed by atoms with Gasteiger partial charge in [0, 0.05) is 25.2 Å². The molecular formula is C15H16N2O2. The number of rotatable bonds is 2. The molecule has 0 aliphatic carbocycles. The first-order valence-electron chi connectivity index (χ1n) is 6.54. The molecule has 0 aromatic heterocycles. The summed E-state index contributed by atoms with van der Waals surface area (Å²) in [4.78, 5) is 25.4. The van der Waals surface area contributed by atoms with Gasteiger partial charge in [-0.1, -0.05) is 30.3 Å². The van der Waals surface area contributed by atoms with Gasteiger partial charge in [-0.3, -0.25) is 19.8 Å². The number of hydrogen-bond donors (Lipinski definition) is 1.